The standard InChI is InChI=1S/C38H45FN6O5/c1-25(2)44-14-12-43(13-15-44)16-17-47-32-9-7-30(23-31(32)39)41-37-40-11-10-35(42-37)45(24-29-6-8-33-34(22-29)49-19-18-48-33)38(46)50-36-27(4)20-26(3)21-28(36)5/h6-11,20-23,25H,12-19,24H2,1-5H3,(H,40,41,42). The van der Waals surface area contributed by atoms with E-state index < -0.39 is 11.9 Å². The van der Waals surface area contributed by atoms with Crippen molar-refractivity contribution < 1.29 is 28.1 Å². The van der Waals surface area contributed by atoms with Gasteiger partial charge in [0.25, 0.3) is 0 Å². The molecule has 0 spiro atoms. The Labute approximate surface area is 292 Å². The maximum absolute atomic E-state index is 15.1. The maximum atomic E-state index is 15.1. The SMILES string of the molecule is Cc1cc(C)c(OC(=O)N(Cc2ccc3c(c2)OCCO3)c2ccnc(Nc3ccc(OCCN4CCN(C(C)C)CC4)c(F)c3)n2)c(C)c1. The molecule has 3 aromatic carbocycles. The number of piperazine rings is 1. The molecule has 3 heterocycles. The molecule has 0 radical (unpaired) electrons. The minimum Gasteiger partial charge on any atom is -0.489 e. The topological polar surface area (TPSA) is 102 Å². The number of amides is 1. The molecule has 2 aliphatic rings. The second-order valence-electron chi connectivity index (χ2n) is 13.0. The predicted octanol–water partition coefficient (Wildman–Crippen LogP) is 6.67. The molecule has 12 heteroatoms. The summed E-state index contributed by atoms with van der Waals surface area (Å²) >= 11 is 0. The summed E-state index contributed by atoms with van der Waals surface area (Å²) in [6.07, 6.45) is 0.917. The highest BCUT2D eigenvalue weighted by Gasteiger charge is 2.24. The van der Waals surface area contributed by atoms with Crippen molar-refractivity contribution in [3.63, 3.8) is 0 Å². The summed E-state index contributed by atoms with van der Waals surface area (Å²) in [6.45, 7) is 16.4. The van der Waals surface area contributed by atoms with Crippen LogP contribution in [0.15, 0.2) is 60.8 Å². The number of aryl methyl sites for hydroxylation is 3. The molecule has 1 amide bonds. The summed E-state index contributed by atoms with van der Waals surface area (Å²) in [5.41, 5.74) is 3.99. The molecule has 2 aliphatic heterocycles. The third kappa shape index (κ3) is 8.61. The Kier molecular flexibility index (Phi) is 11.0. The van der Waals surface area contributed by atoms with E-state index in [2.05, 4.69) is 38.9 Å². The fourth-order valence-corrected chi connectivity index (χ4v) is 6.25. The highest BCUT2D eigenvalue weighted by Crippen LogP contribution is 2.33. The van der Waals surface area contributed by atoms with Crippen LogP contribution in [0.2, 0.25) is 0 Å². The number of fused-ring (bicyclic) bond motifs is 1. The van der Waals surface area contributed by atoms with Crippen LogP contribution in [0.5, 0.6) is 23.0 Å². The van der Waals surface area contributed by atoms with Gasteiger partial charge in [0.15, 0.2) is 23.1 Å². The molecule has 0 saturated carbocycles. The Morgan fingerprint density at radius 1 is 0.960 bits per heavy atom. The number of benzene rings is 3. The summed E-state index contributed by atoms with van der Waals surface area (Å²) < 4.78 is 38.3. The number of hydrogen-bond acceptors (Lipinski definition) is 10. The Morgan fingerprint density at radius 2 is 1.70 bits per heavy atom. The summed E-state index contributed by atoms with van der Waals surface area (Å²) in [5.74, 6) is 1.91. The van der Waals surface area contributed by atoms with Crippen LogP contribution in [-0.2, 0) is 6.54 Å². The lowest BCUT2D eigenvalue weighted by Crippen LogP contribution is -2.49. The molecule has 264 valence electrons. The quantitative estimate of drug-likeness (QED) is 0.185. The smallest absolute Gasteiger partial charge is 0.421 e. The number of hydrogen-bond donors (Lipinski definition) is 1. The lowest BCUT2D eigenvalue weighted by Gasteiger charge is -2.36. The Morgan fingerprint density at radius 3 is 2.42 bits per heavy atom. The molecular weight excluding hydrogens is 639 g/mol. The third-order valence-electron chi connectivity index (χ3n) is 8.87. The van der Waals surface area contributed by atoms with Crippen LogP contribution in [0.25, 0.3) is 0 Å². The van der Waals surface area contributed by atoms with Crippen molar-refractivity contribution in [1.82, 2.24) is 19.8 Å². The van der Waals surface area contributed by atoms with Gasteiger partial charge in [-0.05, 0) is 81.6 Å². The molecular formula is C38H45FN6O5. The van der Waals surface area contributed by atoms with Crippen molar-refractivity contribution in [2.24, 2.45) is 0 Å². The van der Waals surface area contributed by atoms with Crippen molar-refractivity contribution in [3.8, 4) is 23.0 Å². The van der Waals surface area contributed by atoms with Crippen molar-refractivity contribution in [2.75, 3.05) is 62.8 Å². The molecule has 4 aromatic rings. The lowest BCUT2D eigenvalue weighted by atomic mass is 10.1. The van der Waals surface area contributed by atoms with Crippen molar-refractivity contribution in [3.05, 3.63) is 88.9 Å². The van der Waals surface area contributed by atoms with Gasteiger partial charge < -0.3 is 24.3 Å². The highest BCUT2D eigenvalue weighted by molar-refractivity contribution is 5.88. The summed E-state index contributed by atoms with van der Waals surface area (Å²) in [6, 6.07) is 16.3. The van der Waals surface area contributed by atoms with Gasteiger partial charge >= 0.3 is 6.09 Å². The van der Waals surface area contributed by atoms with E-state index in [0.717, 1.165) is 55.0 Å². The van der Waals surface area contributed by atoms with E-state index in [0.29, 0.717) is 54.6 Å². The van der Waals surface area contributed by atoms with Crippen LogP contribution in [0.3, 0.4) is 0 Å². The molecule has 6 rings (SSSR count). The Bertz CT molecular complexity index is 1790. The fraction of sp³-hybridized carbons (Fsp3) is 0.395. The van der Waals surface area contributed by atoms with Crippen LogP contribution in [0.4, 0.5) is 26.6 Å². The first-order chi connectivity index (χ1) is 24.1. The third-order valence-corrected chi connectivity index (χ3v) is 8.87. The molecule has 1 N–H and O–H groups in total. The summed E-state index contributed by atoms with van der Waals surface area (Å²) in [7, 11) is 0. The largest absolute Gasteiger partial charge is 0.489 e. The maximum Gasteiger partial charge on any atom is 0.421 e. The first-order valence-corrected chi connectivity index (χ1v) is 17.1. The minimum atomic E-state index is -0.617. The predicted molar refractivity (Wildman–Crippen MR) is 191 cm³/mol. The highest BCUT2D eigenvalue weighted by atomic mass is 19.1. The number of nitrogens with zero attached hydrogens (tertiary/aromatic N) is 5. The Balaban J connectivity index is 1.16. The monoisotopic (exact) mass is 684 g/mol. The molecule has 0 bridgehead atoms. The minimum absolute atomic E-state index is 0.129. The zero-order chi connectivity index (χ0) is 35.2. The van der Waals surface area contributed by atoms with Crippen LogP contribution in [-0.4, -0.2) is 84.4 Å². The zero-order valence-electron chi connectivity index (χ0n) is 29.4. The number of ether oxygens (including phenoxy) is 4. The van der Waals surface area contributed by atoms with Gasteiger partial charge in [-0.2, -0.15) is 4.98 Å². The van der Waals surface area contributed by atoms with Crippen molar-refractivity contribution in [1.29, 1.82) is 0 Å². The van der Waals surface area contributed by atoms with E-state index in [9.17, 15) is 4.79 Å². The van der Waals surface area contributed by atoms with E-state index in [1.807, 2.05) is 51.1 Å². The van der Waals surface area contributed by atoms with Gasteiger partial charge in [0.05, 0.1) is 6.54 Å². The van der Waals surface area contributed by atoms with E-state index >= 15 is 4.39 Å². The van der Waals surface area contributed by atoms with Crippen molar-refractivity contribution in [2.45, 2.75) is 47.2 Å². The summed E-state index contributed by atoms with van der Waals surface area (Å²) in [4.78, 5) is 29.1. The number of aromatic nitrogens is 2. The van der Waals surface area contributed by atoms with E-state index in [-0.39, 0.29) is 18.2 Å². The number of carbonyl (C=O) groups is 1. The first-order valence-electron chi connectivity index (χ1n) is 17.1. The van der Waals surface area contributed by atoms with Crippen LogP contribution in [0, 0.1) is 26.6 Å². The van der Waals surface area contributed by atoms with Gasteiger partial charge in [-0.1, -0.05) is 23.8 Å². The van der Waals surface area contributed by atoms with E-state index in [1.54, 1.807) is 18.2 Å². The fourth-order valence-electron chi connectivity index (χ4n) is 6.25. The van der Waals surface area contributed by atoms with E-state index in [4.69, 9.17) is 18.9 Å². The van der Waals surface area contributed by atoms with Crippen LogP contribution >= 0.6 is 0 Å². The van der Waals surface area contributed by atoms with Gasteiger partial charge in [0, 0.05) is 56.7 Å². The van der Waals surface area contributed by atoms with E-state index in [1.165, 1.54) is 17.2 Å². The Hall–Kier alpha value is -4.94. The van der Waals surface area contributed by atoms with Gasteiger partial charge in [0.2, 0.25) is 5.95 Å². The molecule has 0 unspecified atom stereocenters. The molecule has 0 aliphatic carbocycles. The van der Waals surface area contributed by atoms with Crippen LogP contribution in [0.1, 0.15) is 36.1 Å². The van der Waals surface area contributed by atoms with Crippen LogP contribution < -0.4 is 29.2 Å². The van der Waals surface area contributed by atoms with Crippen molar-refractivity contribution >= 4 is 23.5 Å². The van der Waals surface area contributed by atoms with Gasteiger partial charge in [-0.15, -0.1) is 0 Å². The average Bonchev–Trinajstić information content (AvgIpc) is 3.10. The number of anilines is 3. The lowest BCUT2D eigenvalue weighted by molar-refractivity contribution is 0.0965. The van der Waals surface area contributed by atoms with Gasteiger partial charge in [-0.25, -0.2) is 14.2 Å². The zero-order valence-corrected chi connectivity index (χ0v) is 29.4. The molecule has 1 aromatic heterocycles. The number of nitrogens with one attached hydrogen (secondary N) is 1. The second-order valence-corrected chi connectivity index (χ2v) is 13.0. The summed E-state index contributed by atoms with van der Waals surface area (Å²) in [5, 5.41) is 3.06. The second kappa shape index (κ2) is 15.7. The molecule has 0 atom stereocenters. The molecule has 1 fully saturated rings. The average molecular weight is 685 g/mol. The first kappa shape index (κ1) is 34.9. The molecule has 1 saturated heterocycles. The number of carbonyl (C=O) groups excluding carboxylic acids is 1. The number of halogens is 1. The normalized spacial score (nSPS) is 14.8. The molecule has 11 nitrogen and oxygen atoms in total. The van der Waals surface area contributed by atoms with Gasteiger partial charge in [-0.3, -0.25) is 14.7 Å². The number of rotatable bonds is 11. The molecule has 50 heavy (non-hydrogen) atoms. The van der Waals surface area contributed by atoms with Gasteiger partial charge in [0.1, 0.15) is 31.4 Å².